The van der Waals surface area contributed by atoms with Gasteiger partial charge in [-0.05, 0) is 51.4 Å². The second-order valence-corrected chi connectivity index (χ2v) is 8.29. The summed E-state index contributed by atoms with van der Waals surface area (Å²) in [7, 11) is 1.67. The predicted molar refractivity (Wildman–Crippen MR) is 134 cm³/mol. The number of hydrogen-bond donors (Lipinski definition) is 2. The highest BCUT2D eigenvalue weighted by Gasteiger charge is 2.25. The van der Waals surface area contributed by atoms with Gasteiger partial charge in [0.2, 0.25) is 0 Å². The zero-order chi connectivity index (χ0) is 21.5. The van der Waals surface area contributed by atoms with Crippen molar-refractivity contribution in [3.8, 4) is 0 Å². The lowest BCUT2D eigenvalue weighted by atomic mass is 10.1. The Morgan fingerprint density at radius 2 is 2.19 bits per heavy atom. The maximum absolute atomic E-state index is 5.77. The molecule has 1 fully saturated rings. The number of rotatable bonds is 8. The summed E-state index contributed by atoms with van der Waals surface area (Å²) in [6.45, 7) is 7.03. The van der Waals surface area contributed by atoms with E-state index < -0.39 is 0 Å². The normalized spacial score (nSPS) is 20.3. The molecule has 2 atom stereocenters. The minimum absolute atomic E-state index is 0. The predicted octanol–water partition coefficient (Wildman–Crippen LogP) is 2.73. The van der Waals surface area contributed by atoms with Gasteiger partial charge in [-0.25, -0.2) is 9.67 Å². The Morgan fingerprint density at radius 1 is 1.34 bits per heavy atom. The van der Waals surface area contributed by atoms with Crippen molar-refractivity contribution in [2.75, 3.05) is 33.3 Å². The van der Waals surface area contributed by atoms with Crippen LogP contribution >= 0.6 is 24.0 Å². The molecular weight excluding hydrogens is 521 g/mol. The molecule has 2 N–H and O–H groups in total. The van der Waals surface area contributed by atoms with E-state index in [9.17, 15) is 0 Å². The van der Waals surface area contributed by atoms with Crippen LogP contribution in [0, 0.1) is 0 Å². The number of aromatic nitrogens is 3. The lowest BCUT2D eigenvalue weighted by molar-refractivity contribution is 0.150. The Labute approximate surface area is 207 Å². The van der Waals surface area contributed by atoms with E-state index in [-0.39, 0.29) is 36.1 Å². The number of halogens is 1. The van der Waals surface area contributed by atoms with E-state index in [4.69, 9.17) is 14.1 Å². The third-order valence-electron chi connectivity index (χ3n) is 5.99. The molecule has 178 valence electrons. The number of fused-ring (bicyclic) bond motifs is 1. The van der Waals surface area contributed by atoms with Gasteiger partial charge in [0.05, 0.1) is 25.4 Å². The van der Waals surface area contributed by atoms with E-state index in [1.54, 1.807) is 13.4 Å². The molecule has 2 aliphatic rings. The van der Waals surface area contributed by atoms with Gasteiger partial charge in [-0.2, -0.15) is 5.10 Å². The van der Waals surface area contributed by atoms with Crippen molar-refractivity contribution in [3.05, 3.63) is 35.8 Å². The molecule has 4 rings (SSSR count). The van der Waals surface area contributed by atoms with Gasteiger partial charge in [0.25, 0.3) is 0 Å². The van der Waals surface area contributed by atoms with Crippen molar-refractivity contribution in [2.24, 2.45) is 4.99 Å². The van der Waals surface area contributed by atoms with Gasteiger partial charge in [0, 0.05) is 26.1 Å². The largest absolute Gasteiger partial charge is 0.468 e. The highest BCUT2D eigenvalue weighted by atomic mass is 127. The Bertz CT molecular complexity index is 833. The van der Waals surface area contributed by atoms with Gasteiger partial charge in [0.1, 0.15) is 18.2 Å². The summed E-state index contributed by atoms with van der Waals surface area (Å²) in [5.41, 5.74) is 0. The number of nitrogens with zero attached hydrogens (tertiary/aromatic N) is 5. The van der Waals surface area contributed by atoms with Crippen LogP contribution in [0.25, 0.3) is 0 Å². The number of methoxy groups -OCH3 is 1. The quantitative estimate of drug-likeness (QED) is 0.293. The average molecular weight is 557 g/mol. The van der Waals surface area contributed by atoms with E-state index >= 15 is 0 Å². The van der Waals surface area contributed by atoms with E-state index in [0.29, 0.717) is 13.2 Å². The van der Waals surface area contributed by atoms with Gasteiger partial charge in [-0.3, -0.25) is 9.89 Å². The number of guanidine groups is 1. The van der Waals surface area contributed by atoms with Gasteiger partial charge < -0.3 is 19.8 Å². The molecule has 2 aromatic heterocycles. The molecule has 0 bridgehead atoms. The maximum atomic E-state index is 5.77. The highest BCUT2D eigenvalue weighted by Crippen LogP contribution is 2.25. The number of likely N-dealkylation sites (tertiary alicyclic amines) is 1. The fraction of sp³-hybridized carbons (Fsp3) is 0.682. The molecule has 0 saturated carbocycles. The third kappa shape index (κ3) is 6.44. The molecule has 0 amide bonds. The topological polar surface area (TPSA) is 92.7 Å². The van der Waals surface area contributed by atoms with Crippen molar-refractivity contribution in [1.82, 2.24) is 30.3 Å². The van der Waals surface area contributed by atoms with Crippen LogP contribution in [0.3, 0.4) is 0 Å². The molecule has 1 saturated heterocycles. The number of nitrogens with one attached hydrogen (secondary N) is 2. The van der Waals surface area contributed by atoms with Crippen LogP contribution in [0.2, 0.25) is 0 Å². The Balaban J connectivity index is 0.00000289. The number of aliphatic imine (C=N–C) groups is 1. The summed E-state index contributed by atoms with van der Waals surface area (Å²) in [6.07, 6.45) is 7.46. The molecule has 32 heavy (non-hydrogen) atoms. The van der Waals surface area contributed by atoms with E-state index in [1.165, 1.54) is 19.3 Å². The van der Waals surface area contributed by atoms with Crippen LogP contribution in [0.5, 0.6) is 0 Å². The van der Waals surface area contributed by atoms with Gasteiger partial charge >= 0.3 is 0 Å². The zero-order valence-electron chi connectivity index (χ0n) is 19.1. The smallest absolute Gasteiger partial charge is 0.191 e. The molecule has 9 nitrogen and oxygen atoms in total. The van der Waals surface area contributed by atoms with E-state index in [1.807, 2.05) is 10.7 Å². The second-order valence-electron chi connectivity index (χ2n) is 8.29. The molecule has 2 aliphatic heterocycles. The van der Waals surface area contributed by atoms with Crippen LogP contribution in [0.4, 0.5) is 0 Å². The van der Waals surface area contributed by atoms with Crippen molar-refractivity contribution in [3.63, 3.8) is 0 Å². The summed E-state index contributed by atoms with van der Waals surface area (Å²) < 4.78 is 12.9. The minimum Gasteiger partial charge on any atom is -0.468 e. The van der Waals surface area contributed by atoms with Crippen molar-refractivity contribution in [2.45, 2.75) is 64.3 Å². The fourth-order valence-electron chi connectivity index (χ4n) is 4.46. The number of ether oxygens (including phenoxy) is 1. The van der Waals surface area contributed by atoms with Gasteiger partial charge in [-0.15, -0.1) is 24.0 Å². The number of piperidine rings is 1. The lowest BCUT2D eigenvalue weighted by Gasteiger charge is -2.33. The average Bonchev–Trinajstić information content (AvgIpc) is 3.45. The Kier molecular flexibility index (Phi) is 9.79. The molecule has 0 aliphatic carbocycles. The summed E-state index contributed by atoms with van der Waals surface area (Å²) in [5.74, 6) is 3.63. The SMILES string of the molecule is CCNC(=NCC(c1ccco1)N1CCCCC1)NC1CCc2nc(COC)nn2C1.I. The monoisotopic (exact) mass is 557 g/mol. The van der Waals surface area contributed by atoms with Gasteiger partial charge in [-0.1, -0.05) is 6.42 Å². The third-order valence-corrected chi connectivity index (χ3v) is 5.99. The Hall–Kier alpha value is -1.66. The van der Waals surface area contributed by atoms with Crippen LogP contribution < -0.4 is 10.6 Å². The summed E-state index contributed by atoms with van der Waals surface area (Å²) in [4.78, 5) is 12.0. The highest BCUT2D eigenvalue weighted by molar-refractivity contribution is 14.0. The fourth-order valence-corrected chi connectivity index (χ4v) is 4.46. The first-order chi connectivity index (χ1) is 15.3. The summed E-state index contributed by atoms with van der Waals surface area (Å²) in [6, 6.07) is 4.48. The molecule has 0 radical (unpaired) electrons. The standard InChI is InChI=1S/C22H35N7O2.HI/c1-3-23-22(25-17-9-10-21-26-20(16-30-2)27-29(21)15-17)24-14-18(19-8-7-13-31-19)28-11-5-4-6-12-28;/h7-8,13,17-18H,3-6,9-12,14-16H2,1-2H3,(H2,23,24,25);1H. The van der Waals surface area contributed by atoms with Gasteiger partial charge in [0.15, 0.2) is 11.8 Å². The molecule has 4 heterocycles. The summed E-state index contributed by atoms with van der Waals surface area (Å²) in [5, 5.41) is 11.6. The molecule has 0 spiro atoms. The van der Waals surface area contributed by atoms with Crippen molar-refractivity contribution in [1.29, 1.82) is 0 Å². The zero-order valence-corrected chi connectivity index (χ0v) is 21.5. The van der Waals surface area contributed by atoms with Crippen LogP contribution in [0.1, 0.15) is 56.1 Å². The Morgan fingerprint density at radius 3 is 2.91 bits per heavy atom. The minimum atomic E-state index is 0. The molecule has 10 heteroatoms. The number of furan rings is 1. The lowest BCUT2D eigenvalue weighted by Crippen LogP contribution is -2.47. The van der Waals surface area contributed by atoms with Crippen LogP contribution in [-0.4, -0.2) is 65.0 Å². The van der Waals surface area contributed by atoms with Crippen LogP contribution in [0.15, 0.2) is 27.8 Å². The number of aryl methyl sites for hydroxylation is 1. The molecule has 2 aromatic rings. The molecular formula is C22H36IN7O2. The number of hydrogen-bond acceptors (Lipinski definition) is 6. The first-order valence-electron chi connectivity index (χ1n) is 11.5. The maximum Gasteiger partial charge on any atom is 0.191 e. The van der Waals surface area contributed by atoms with Crippen molar-refractivity contribution < 1.29 is 9.15 Å². The van der Waals surface area contributed by atoms with Crippen molar-refractivity contribution >= 4 is 29.9 Å². The first kappa shape index (κ1) is 25.0. The second kappa shape index (κ2) is 12.5. The van der Waals surface area contributed by atoms with Crippen LogP contribution in [-0.2, 0) is 24.3 Å². The molecule has 2 unspecified atom stereocenters. The van der Waals surface area contributed by atoms with E-state index in [0.717, 1.165) is 62.4 Å². The first-order valence-corrected chi connectivity index (χ1v) is 11.5. The molecule has 0 aromatic carbocycles. The summed E-state index contributed by atoms with van der Waals surface area (Å²) >= 11 is 0. The van der Waals surface area contributed by atoms with E-state index in [2.05, 4.69) is 38.6 Å².